The molecule has 6 aromatic carbocycles. The van der Waals surface area contributed by atoms with Crippen LogP contribution in [0.1, 0.15) is 46.4 Å². The van der Waals surface area contributed by atoms with E-state index in [-0.39, 0.29) is 43.4 Å². The summed E-state index contributed by atoms with van der Waals surface area (Å²) in [6.45, 7) is 1.58. The Morgan fingerprint density at radius 1 is 0.871 bits per heavy atom. The molecule has 1 aromatic heterocycles. The molecule has 0 saturated carbocycles. The Morgan fingerprint density at radius 2 is 1.54 bits per heavy atom. The second-order valence-electron chi connectivity index (χ2n) is 16.6. The smallest absolute Gasteiger partial charge is 0.326 e. The zero-order chi connectivity index (χ0) is 49.1. The summed E-state index contributed by atoms with van der Waals surface area (Å²) in [6.07, 6.45) is -0.693. The number of thiazole rings is 1. The van der Waals surface area contributed by atoms with Crippen LogP contribution >= 0.6 is 34.5 Å². The number of anilines is 1. The lowest BCUT2D eigenvalue weighted by molar-refractivity contribution is -0.142. The fourth-order valence-electron chi connectivity index (χ4n) is 8.16. The largest absolute Gasteiger partial charge is 0.489 e. The molecule has 0 saturated heterocycles. The predicted molar refractivity (Wildman–Crippen MR) is 264 cm³/mol. The Bertz CT molecular complexity index is 3270. The van der Waals surface area contributed by atoms with Crippen molar-refractivity contribution in [2.75, 3.05) is 11.9 Å². The van der Waals surface area contributed by atoms with Gasteiger partial charge in [0.1, 0.15) is 31.0 Å². The average Bonchev–Trinajstić information content (AvgIpc) is 3.83. The number of halogens is 2. The third-order valence-electron chi connectivity index (χ3n) is 11.9. The van der Waals surface area contributed by atoms with Crippen LogP contribution in [-0.4, -0.2) is 59.3 Å². The van der Waals surface area contributed by atoms with Crippen LogP contribution in [0.3, 0.4) is 0 Å². The van der Waals surface area contributed by atoms with Crippen LogP contribution in [0.5, 0.6) is 17.2 Å². The van der Waals surface area contributed by atoms with Gasteiger partial charge in [-0.3, -0.25) is 9.59 Å². The highest BCUT2D eigenvalue weighted by Crippen LogP contribution is 2.42. The number of rotatable bonds is 14. The maximum absolute atomic E-state index is 14.8. The molecule has 7 aromatic rings. The number of carbonyl (C=O) groups is 3. The van der Waals surface area contributed by atoms with Crippen LogP contribution in [0.4, 0.5) is 5.13 Å². The lowest BCUT2D eigenvalue weighted by Crippen LogP contribution is -2.55. The molecule has 14 nitrogen and oxygen atoms in total. The number of hydrogen-bond donors (Lipinski definition) is 3. The third kappa shape index (κ3) is 10.6. The summed E-state index contributed by atoms with van der Waals surface area (Å²) in [5.41, 5.74) is 6.87. The molecule has 9 rings (SSSR count). The summed E-state index contributed by atoms with van der Waals surface area (Å²) in [6, 6.07) is 35.8. The number of benzene rings is 6. The van der Waals surface area contributed by atoms with Crippen molar-refractivity contribution in [2.45, 2.75) is 56.0 Å². The van der Waals surface area contributed by atoms with Crippen molar-refractivity contribution in [1.29, 1.82) is 5.26 Å². The fourth-order valence-corrected chi connectivity index (χ4v) is 10.8. The van der Waals surface area contributed by atoms with E-state index >= 15 is 0 Å². The number of nitrogens with zero attached hydrogens (tertiary/aromatic N) is 3. The van der Waals surface area contributed by atoms with E-state index in [1.54, 1.807) is 66.0 Å². The summed E-state index contributed by atoms with van der Waals surface area (Å²) in [5.74, 6) is -0.938. The number of carboxylic acids is 1. The van der Waals surface area contributed by atoms with Crippen LogP contribution in [0, 0.1) is 11.3 Å². The van der Waals surface area contributed by atoms with Gasteiger partial charge in [0.05, 0.1) is 32.3 Å². The Hall–Kier alpha value is -7.26. The van der Waals surface area contributed by atoms with E-state index < -0.39 is 40.1 Å². The lowest BCUT2D eigenvalue weighted by Gasteiger charge is -2.37. The van der Waals surface area contributed by atoms with Gasteiger partial charge in [0.15, 0.2) is 22.7 Å². The Balaban J connectivity index is 0.957. The first-order valence-electron chi connectivity index (χ1n) is 21.8. The number of aromatic nitrogens is 1. The molecular weight excluding hydrogens is 974 g/mol. The monoisotopic (exact) mass is 1010 g/mol. The number of fused-ring (bicyclic) bond motifs is 2. The van der Waals surface area contributed by atoms with E-state index in [2.05, 4.69) is 21.7 Å². The quantitative estimate of drug-likeness (QED) is 0.0938. The van der Waals surface area contributed by atoms with Gasteiger partial charge in [0.25, 0.3) is 0 Å². The van der Waals surface area contributed by atoms with Gasteiger partial charge in [0.2, 0.25) is 21.8 Å². The number of ether oxygens (including phenoxy) is 3. The summed E-state index contributed by atoms with van der Waals surface area (Å²) in [7, 11) is -4.43. The Labute approximate surface area is 417 Å². The van der Waals surface area contributed by atoms with E-state index in [1.807, 2.05) is 54.6 Å². The molecule has 0 spiro atoms. The second kappa shape index (κ2) is 20.4. The molecule has 2 aliphatic heterocycles. The Morgan fingerprint density at radius 3 is 2.21 bits per heavy atom. The van der Waals surface area contributed by atoms with Gasteiger partial charge in [-0.25, -0.2) is 18.2 Å². The molecule has 2 aliphatic rings. The van der Waals surface area contributed by atoms with E-state index in [0.717, 1.165) is 26.6 Å². The van der Waals surface area contributed by atoms with Crippen LogP contribution < -0.4 is 24.8 Å². The van der Waals surface area contributed by atoms with Crippen molar-refractivity contribution in [3.05, 3.63) is 176 Å². The van der Waals surface area contributed by atoms with Crippen LogP contribution in [0.25, 0.3) is 22.4 Å². The van der Waals surface area contributed by atoms with Crippen molar-refractivity contribution in [2.24, 2.45) is 0 Å². The number of carbonyl (C=O) groups excluding carboxylic acids is 2. The molecule has 0 fully saturated rings. The number of hydrogen-bond acceptors (Lipinski definition) is 11. The molecule has 3 N–H and O–H groups in total. The first kappa shape index (κ1) is 47.8. The molecule has 2 amide bonds. The van der Waals surface area contributed by atoms with Crippen molar-refractivity contribution in [3.63, 3.8) is 0 Å². The molecule has 0 aliphatic carbocycles. The number of carboxylic acid groups (broad SMARTS) is 1. The molecular formula is C52H41Cl2N5O9S2. The SMILES string of the molecule is CC(=O)Nc1nc(-c2ccc(S(=O)(=O)N3Cc4cc5c(cc4C[C@H]3C(=O)N[C@@H](Cc3ccc(-c4ccc(C#N)cc4)cc3)C(=O)O)OCC(c3ccc(OCc4ccc(Cl)c(Cl)c4)cc3)O5)cc2)cs1. The molecule has 3 heterocycles. The maximum Gasteiger partial charge on any atom is 0.326 e. The van der Waals surface area contributed by atoms with Gasteiger partial charge in [-0.05, 0) is 106 Å². The van der Waals surface area contributed by atoms with Crippen molar-refractivity contribution in [3.8, 4) is 45.7 Å². The highest BCUT2D eigenvalue weighted by atomic mass is 35.5. The number of nitriles is 1. The first-order chi connectivity index (χ1) is 33.7. The van der Waals surface area contributed by atoms with Gasteiger partial charge in [-0.15, -0.1) is 11.3 Å². The van der Waals surface area contributed by atoms with Crippen molar-refractivity contribution in [1.82, 2.24) is 14.6 Å². The maximum atomic E-state index is 14.8. The minimum absolute atomic E-state index is 0.0825. The van der Waals surface area contributed by atoms with Crippen molar-refractivity contribution < 1.29 is 42.1 Å². The first-order valence-corrected chi connectivity index (χ1v) is 24.9. The average molecular weight is 1010 g/mol. The molecule has 70 heavy (non-hydrogen) atoms. The van der Waals surface area contributed by atoms with Gasteiger partial charge in [0, 0.05) is 30.8 Å². The summed E-state index contributed by atoms with van der Waals surface area (Å²) < 4.78 is 49.3. The standard InChI is InChI=1S/C52H41Cl2N5O9S2/c1-30(60)56-52-58-45(29-69-52)36-13-17-41(18-14-36)70(64,65)59-26-39-24-48-47(67-28-49(68-48)37-11-15-40(16-12-37)66-27-33-6-19-42(53)43(54)20-33)23-38(39)22-46(59)50(61)57-44(51(62)63)21-31-2-7-34(8-3-31)35-9-4-32(25-55)5-10-35/h2-20,23-24,29,44,46,49H,21-22,26-28H2,1H3,(H,57,61)(H,62,63)(H,56,58,60)/t44-,46-,49?/m0/s1. The highest BCUT2D eigenvalue weighted by Gasteiger charge is 2.42. The second-order valence-corrected chi connectivity index (χ2v) is 20.2. The van der Waals surface area contributed by atoms with E-state index in [1.165, 1.54) is 30.4 Å². The fraction of sp³-hybridized carbons (Fsp3) is 0.173. The minimum Gasteiger partial charge on any atom is -0.489 e. The number of aliphatic carboxylic acids is 1. The van der Waals surface area contributed by atoms with Crippen LogP contribution in [-0.2, 0) is 50.4 Å². The highest BCUT2D eigenvalue weighted by molar-refractivity contribution is 7.89. The number of nitrogens with one attached hydrogen (secondary N) is 2. The zero-order valence-electron chi connectivity index (χ0n) is 37.1. The molecule has 354 valence electrons. The minimum atomic E-state index is -4.43. The van der Waals surface area contributed by atoms with E-state index in [0.29, 0.717) is 65.9 Å². The number of sulfonamides is 1. The van der Waals surface area contributed by atoms with Crippen LogP contribution in [0.2, 0.25) is 10.0 Å². The molecule has 0 radical (unpaired) electrons. The molecule has 0 bridgehead atoms. The predicted octanol–water partition coefficient (Wildman–Crippen LogP) is 9.63. The van der Waals surface area contributed by atoms with E-state index in [9.17, 15) is 27.9 Å². The summed E-state index contributed by atoms with van der Waals surface area (Å²) >= 11 is 13.4. The van der Waals surface area contributed by atoms with Gasteiger partial charge >= 0.3 is 5.97 Å². The normalized spacial score (nSPS) is 15.7. The summed E-state index contributed by atoms with van der Waals surface area (Å²) in [4.78, 5) is 43.1. The van der Waals surface area contributed by atoms with Crippen LogP contribution in [0.15, 0.2) is 138 Å². The molecule has 3 atom stereocenters. The molecule has 1 unspecified atom stereocenters. The lowest BCUT2D eigenvalue weighted by atomic mass is 9.93. The van der Waals surface area contributed by atoms with Gasteiger partial charge < -0.3 is 30.0 Å². The zero-order valence-corrected chi connectivity index (χ0v) is 40.2. The van der Waals surface area contributed by atoms with E-state index in [4.69, 9.17) is 42.7 Å². The van der Waals surface area contributed by atoms with Gasteiger partial charge in [-0.1, -0.05) is 89.9 Å². The number of amides is 2. The topological polar surface area (TPSA) is 197 Å². The third-order valence-corrected chi connectivity index (χ3v) is 15.2. The summed E-state index contributed by atoms with van der Waals surface area (Å²) in [5, 5.41) is 27.9. The molecule has 18 heteroatoms. The van der Waals surface area contributed by atoms with Crippen molar-refractivity contribution >= 4 is 67.5 Å². The Kier molecular flexibility index (Phi) is 13.9. The van der Waals surface area contributed by atoms with Gasteiger partial charge in [-0.2, -0.15) is 9.57 Å².